The number of carbonyl (C=O) groups excluding carboxylic acids is 1. The highest BCUT2D eigenvalue weighted by Crippen LogP contribution is 2.28. The summed E-state index contributed by atoms with van der Waals surface area (Å²) in [5.41, 5.74) is 4.08. The van der Waals surface area contributed by atoms with Gasteiger partial charge in [-0.15, -0.1) is 0 Å². The summed E-state index contributed by atoms with van der Waals surface area (Å²) in [5, 5.41) is 0.880. The van der Waals surface area contributed by atoms with E-state index in [2.05, 4.69) is 20.9 Å². The van der Waals surface area contributed by atoms with Gasteiger partial charge in [-0.25, -0.2) is 4.39 Å². The average Bonchev–Trinajstić information content (AvgIpc) is 2.92. The number of hydrogen-bond acceptors (Lipinski definition) is 1. The fourth-order valence-corrected chi connectivity index (χ4v) is 3.78. The molecule has 5 heteroatoms. The van der Waals surface area contributed by atoms with Gasteiger partial charge in [0.15, 0.2) is 0 Å². The van der Waals surface area contributed by atoms with Crippen molar-refractivity contribution >= 4 is 32.7 Å². The molecule has 1 aromatic heterocycles. The van der Waals surface area contributed by atoms with Crippen LogP contribution in [0.4, 0.5) is 4.39 Å². The highest BCUT2D eigenvalue weighted by atomic mass is 79.9. The first-order valence-electron chi connectivity index (χ1n) is 7.91. The number of aromatic nitrogens is 1. The van der Waals surface area contributed by atoms with Crippen molar-refractivity contribution in [3.05, 3.63) is 69.6 Å². The van der Waals surface area contributed by atoms with Gasteiger partial charge in [0.25, 0.3) is 0 Å². The molecule has 1 amide bonds. The molecule has 0 fully saturated rings. The van der Waals surface area contributed by atoms with E-state index >= 15 is 0 Å². The topological polar surface area (TPSA) is 36.1 Å². The van der Waals surface area contributed by atoms with E-state index in [1.165, 1.54) is 6.07 Å². The molecule has 4 rings (SSSR count). The Hall–Kier alpha value is -2.14. The Morgan fingerprint density at radius 2 is 2.12 bits per heavy atom. The van der Waals surface area contributed by atoms with Crippen molar-refractivity contribution in [1.29, 1.82) is 0 Å². The van der Waals surface area contributed by atoms with Crippen molar-refractivity contribution in [2.24, 2.45) is 0 Å². The van der Waals surface area contributed by atoms with Crippen LogP contribution in [0.5, 0.6) is 0 Å². The second kappa shape index (κ2) is 6.06. The number of fused-ring (bicyclic) bond motifs is 3. The maximum atomic E-state index is 13.6. The van der Waals surface area contributed by atoms with E-state index in [0.717, 1.165) is 38.6 Å². The molecule has 0 saturated heterocycles. The third-order valence-electron chi connectivity index (χ3n) is 4.53. The first kappa shape index (κ1) is 15.4. The van der Waals surface area contributed by atoms with Crippen molar-refractivity contribution in [3.63, 3.8) is 0 Å². The Morgan fingerprint density at radius 1 is 1.25 bits per heavy atom. The molecule has 2 aromatic carbocycles. The quantitative estimate of drug-likeness (QED) is 0.703. The van der Waals surface area contributed by atoms with Crippen LogP contribution in [-0.2, 0) is 24.2 Å². The summed E-state index contributed by atoms with van der Waals surface area (Å²) in [6.07, 6.45) is 1.15. The summed E-state index contributed by atoms with van der Waals surface area (Å²) in [5.74, 6) is -0.147. The first-order valence-corrected chi connectivity index (χ1v) is 8.70. The van der Waals surface area contributed by atoms with E-state index in [4.69, 9.17) is 0 Å². The lowest BCUT2D eigenvalue weighted by molar-refractivity contribution is -0.131. The molecule has 2 heterocycles. The second-order valence-corrected chi connectivity index (χ2v) is 7.06. The Labute approximate surface area is 147 Å². The lowest BCUT2D eigenvalue weighted by atomic mass is 10.0. The van der Waals surface area contributed by atoms with Crippen LogP contribution >= 0.6 is 15.9 Å². The Morgan fingerprint density at radius 3 is 2.96 bits per heavy atom. The first-order chi connectivity index (χ1) is 11.6. The molecule has 3 aromatic rings. The molecule has 0 radical (unpaired) electrons. The third kappa shape index (κ3) is 2.84. The minimum atomic E-state index is -0.248. The SMILES string of the molecule is O=C(Cc1cccc(Br)c1)N1CCc2[nH]c3ccc(F)cc3c2C1. The van der Waals surface area contributed by atoms with E-state index in [-0.39, 0.29) is 11.7 Å². The van der Waals surface area contributed by atoms with Crippen LogP contribution in [0.2, 0.25) is 0 Å². The molecule has 1 N–H and O–H groups in total. The van der Waals surface area contributed by atoms with Gasteiger partial charge in [0.05, 0.1) is 6.42 Å². The van der Waals surface area contributed by atoms with Gasteiger partial charge < -0.3 is 9.88 Å². The molecule has 0 atom stereocenters. The molecule has 3 nitrogen and oxygen atoms in total. The number of nitrogens with one attached hydrogen (secondary N) is 1. The number of carbonyl (C=O) groups is 1. The van der Waals surface area contributed by atoms with E-state index in [1.807, 2.05) is 29.2 Å². The number of rotatable bonds is 2. The van der Waals surface area contributed by atoms with E-state index < -0.39 is 0 Å². The van der Waals surface area contributed by atoms with Gasteiger partial charge in [-0.3, -0.25) is 4.79 Å². The maximum Gasteiger partial charge on any atom is 0.227 e. The zero-order valence-corrected chi connectivity index (χ0v) is 14.6. The predicted molar refractivity (Wildman–Crippen MR) is 95.2 cm³/mol. The lowest BCUT2D eigenvalue weighted by Crippen LogP contribution is -2.36. The number of aromatic amines is 1. The van der Waals surface area contributed by atoms with Gasteiger partial charge in [0.1, 0.15) is 5.82 Å². The lowest BCUT2D eigenvalue weighted by Gasteiger charge is -2.27. The number of amides is 1. The fourth-order valence-electron chi connectivity index (χ4n) is 3.33. The van der Waals surface area contributed by atoms with Crippen molar-refractivity contribution in [3.8, 4) is 0 Å². The Kier molecular flexibility index (Phi) is 3.88. The van der Waals surface area contributed by atoms with E-state index in [9.17, 15) is 9.18 Å². The fraction of sp³-hybridized carbons (Fsp3) is 0.211. The predicted octanol–water partition coefficient (Wildman–Crippen LogP) is 4.20. The van der Waals surface area contributed by atoms with Crippen molar-refractivity contribution in [1.82, 2.24) is 9.88 Å². The molecule has 1 aliphatic heterocycles. The number of nitrogens with zero attached hydrogens (tertiary/aromatic N) is 1. The molecule has 122 valence electrons. The zero-order valence-electron chi connectivity index (χ0n) is 13.0. The van der Waals surface area contributed by atoms with Crippen LogP contribution in [-0.4, -0.2) is 22.3 Å². The molecule has 0 aliphatic carbocycles. The standard InChI is InChI=1S/C19H16BrFN2O/c20-13-3-1-2-12(8-13)9-19(24)23-7-6-18-16(11-23)15-10-14(21)4-5-17(15)22-18/h1-5,8,10,22H,6-7,9,11H2. The van der Waals surface area contributed by atoms with Crippen LogP contribution in [0.15, 0.2) is 46.9 Å². The van der Waals surface area contributed by atoms with Crippen LogP contribution in [0.25, 0.3) is 10.9 Å². The minimum absolute atomic E-state index is 0.101. The smallest absolute Gasteiger partial charge is 0.227 e. The highest BCUT2D eigenvalue weighted by molar-refractivity contribution is 9.10. The summed E-state index contributed by atoms with van der Waals surface area (Å²) < 4.78 is 14.5. The molecule has 0 saturated carbocycles. The molecule has 0 unspecified atom stereocenters. The Bertz CT molecular complexity index is 934. The summed E-state index contributed by atoms with van der Waals surface area (Å²) in [6, 6.07) is 12.6. The van der Waals surface area contributed by atoms with Gasteiger partial charge in [0.2, 0.25) is 5.91 Å². The molecule has 0 spiro atoms. The highest BCUT2D eigenvalue weighted by Gasteiger charge is 2.24. The Balaban J connectivity index is 1.58. The van der Waals surface area contributed by atoms with Gasteiger partial charge in [-0.2, -0.15) is 0 Å². The summed E-state index contributed by atoms with van der Waals surface area (Å²) in [4.78, 5) is 17.9. The second-order valence-electron chi connectivity index (χ2n) is 6.14. The number of hydrogen-bond donors (Lipinski definition) is 1. The average molecular weight is 387 g/mol. The molecular formula is C19H16BrFN2O. The number of halogens is 2. The van der Waals surface area contributed by atoms with Crippen LogP contribution in [0, 0.1) is 5.82 Å². The van der Waals surface area contributed by atoms with Gasteiger partial charge in [-0.05, 0) is 35.9 Å². The van der Waals surface area contributed by atoms with Crippen molar-refractivity contribution in [2.75, 3.05) is 6.54 Å². The van der Waals surface area contributed by atoms with Crippen molar-refractivity contribution in [2.45, 2.75) is 19.4 Å². The van der Waals surface area contributed by atoms with Gasteiger partial charge in [0, 0.05) is 46.1 Å². The maximum absolute atomic E-state index is 13.6. The third-order valence-corrected chi connectivity index (χ3v) is 5.03. The normalized spacial score (nSPS) is 14.0. The molecular weight excluding hydrogens is 371 g/mol. The molecule has 0 bridgehead atoms. The van der Waals surface area contributed by atoms with Crippen LogP contribution in [0.1, 0.15) is 16.8 Å². The van der Waals surface area contributed by atoms with Gasteiger partial charge in [-0.1, -0.05) is 28.1 Å². The summed E-state index contributed by atoms with van der Waals surface area (Å²) in [6.45, 7) is 1.22. The summed E-state index contributed by atoms with van der Waals surface area (Å²) in [7, 11) is 0. The van der Waals surface area contributed by atoms with E-state index in [1.54, 1.807) is 12.1 Å². The summed E-state index contributed by atoms with van der Waals surface area (Å²) >= 11 is 3.43. The largest absolute Gasteiger partial charge is 0.358 e. The minimum Gasteiger partial charge on any atom is -0.358 e. The van der Waals surface area contributed by atoms with Crippen molar-refractivity contribution < 1.29 is 9.18 Å². The van der Waals surface area contributed by atoms with Crippen LogP contribution < -0.4 is 0 Å². The monoisotopic (exact) mass is 386 g/mol. The van der Waals surface area contributed by atoms with Gasteiger partial charge >= 0.3 is 0 Å². The molecule has 24 heavy (non-hydrogen) atoms. The zero-order chi connectivity index (χ0) is 16.7. The van der Waals surface area contributed by atoms with Crippen LogP contribution in [0.3, 0.4) is 0 Å². The van der Waals surface area contributed by atoms with E-state index in [0.29, 0.717) is 19.5 Å². The molecule has 1 aliphatic rings. The number of benzene rings is 2. The number of H-pyrrole nitrogens is 1.